The van der Waals surface area contributed by atoms with Crippen LogP contribution in [0.3, 0.4) is 0 Å². The van der Waals surface area contributed by atoms with Crippen LogP contribution in [0.4, 0.5) is 28.8 Å². The molecule has 3 heterocycles. The minimum absolute atomic E-state index is 0.0364. The first-order chi connectivity index (χ1) is 20.6. The van der Waals surface area contributed by atoms with Crippen LogP contribution >= 0.6 is 50.7 Å². The van der Waals surface area contributed by atoms with Crippen LogP contribution in [0.25, 0.3) is 11.0 Å². The van der Waals surface area contributed by atoms with Crippen LogP contribution in [0.2, 0.25) is 0 Å². The molecule has 2 aromatic heterocycles. The van der Waals surface area contributed by atoms with E-state index in [1.807, 2.05) is 34.4 Å². The summed E-state index contributed by atoms with van der Waals surface area (Å²) in [6, 6.07) is 8.53. The molecule has 0 atom stereocenters. The quantitative estimate of drug-likeness (QED) is 0.0948. The van der Waals surface area contributed by atoms with Gasteiger partial charge in [0, 0.05) is 38.9 Å². The molecule has 0 saturated carbocycles. The van der Waals surface area contributed by atoms with Crippen molar-refractivity contribution in [2.24, 2.45) is 0 Å². The molecule has 12 heteroatoms. The highest BCUT2D eigenvalue weighted by Gasteiger charge is 2.26. The molecule has 0 amide bonds. The number of likely N-dealkylation sites (tertiary alicyclic amines) is 1. The van der Waals surface area contributed by atoms with E-state index >= 15 is 0 Å². The fourth-order valence-electron chi connectivity index (χ4n) is 5.50. The van der Waals surface area contributed by atoms with Crippen molar-refractivity contribution in [3.63, 3.8) is 0 Å². The Morgan fingerprint density at radius 1 is 1.07 bits per heavy atom. The first-order valence-electron chi connectivity index (χ1n) is 14.3. The second-order valence-corrected chi connectivity index (χ2v) is 13.9. The number of rotatable bonds is 9. The zero-order valence-corrected chi connectivity index (χ0v) is 30.2. The summed E-state index contributed by atoms with van der Waals surface area (Å²) in [6.45, 7) is 8.58. The lowest BCUT2D eigenvalue weighted by molar-refractivity contribution is 0.240. The Bertz CT molecular complexity index is 1600. The summed E-state index contributed by atoms with van der Waals surface area (Å²) in [5.41, 5.74) is 7.16. The molecule has 228 valence electrons. The van der Waals surface area contributed by atoms with E-state index in [-0.39, 0.29) is 6.10 Å². The van der Waals surface area contributed by atoms with E-state index in [9.17, 15) is 0 Å². The third kappa shape index (κ3) is 6.81. The smallest absolute Gasteiger partial charge is 0.231 e. The van der Waals surface area contributed by atoms with E-state index in [2.05, 4.69) is 104 Å². The maximum Gasteiger partial charge on any atom is 0.231 e. The van der Waals surface area contributed by atoms with Crippen molar-refractivity contribution in [2.75, 3.05) is 52.8 Å². The van der Waals surface area contributed by atoms with Gasteiger partial charge in [0.2, 0.25) is 5.95 Å². The van der Waals surface area contributed by atoms with Gasteiger partial charge in [0.25, 0.3) is 0 Å². The molecule has 1 fully saturated rings. The third-order valence-corrected chi connectivity index (χ3v) is 10.1. The third-order valence-electron chi connectivity index (χ3n) is 7.82. The molecule has 1 aliphatic heterocycles. The molecule has 43 heavy (non-hydrogen) atoms. The molecular weight excluding hydrogens is 739 g/mol. The Morgan fingerprint density at radius 3 is 2.49 bits per heavy atom. The lowest BCUT2D eigenvalue weighted by Gasteiger charge is -2.31. The SMILES string of the molecule is CSN(C)c1c(N(I)c2nc(N(C)c3cc(C)c(C4CCN(C)CC4)cc3OC(C)C)ncc2Br)ccc2nccnc12. The average molecular weight is 778 g/mol. The monoisotopic (exact) mass is 776 g/mol. The molecule has 0 N–H and O–H groups in total. The van der Waals surface area contributed by atoms with E-state index in [0.717, 1.165) is 70.1 Å². The van der Waals surface area contributed by atoms with Crippen LogP contribution < -0.4 is 17.1 Å². The van der Waals surface area contributed by atoms with Crippen molar-refractivity contribution in [1.82, 2.24) is 24.8 Å². The number of hydrogen-bond acceptors (Lipinski definition) is 10. The Balaban J connectivity index is 1.54. The fraction of sp³-hybridized carbons (Fsp3) is 0.419. The van der Waals surface area contributed by atoms with Gasteiger partial charge in [-0.25, -0.2) is 4.98 Å². The van der Waals surface area contributed by atoms with Gasteiger partial charge in [-0.3, -0.25) is 13.1 Å². The Hall–Kier alpha value is -2.42. The molecule has 0 unspecified atom stereocenters. The average Bonchev–Trinajstić information content (AvgIpc) is 3.00. The molecule has 4 aromatic rings. The van der Waals surface area contributed by atoms with Crippen LogP contribution in [0.5, 0.6) is 5.75 Å². The summed E-state index contributed by atoms with van der Waals surface area (Å²) in [7, 11) is 6.23. The number of fused-ring (bicyclic) bond motifs is 1. The van der Waals surface area contributed by atoms with E-state index in [4.69, 9.17) is 14.7 Å². The highest BCUT2D eigenvalue weighted by Crippen LogP contribution is 2.44. The first kappa shape index (κ1) is 32.0. The predicted molar refractivity (Wildman–Crippen MR) is 192 cm³/mol. The lowest BCUT2D eigenvalue weighted by Crippen LogP contribution is -2.29. The molecule has 1 aliphatic rings. The topological polar surface area (TPSA) is 73.8 Å². The van der Waals surface area contributed by atoms with Crippen molar-refractivity contribution in [3.8, 4) is 5.75 Å². The number of halogens is 2. The number of hydrogen-bond donors (Lipinski definition) is 0. The summed E-state index contributed by atoms with van der Waals surface area (Å²) in [6.07, 6.45) is 9.65. The molecule has 0 bridgehead atoms. The molecule has 0 radical (unpaired) electrons. The van der Waals surface area contributed by atoms with Gasteiger partial charge in [-0.15, -0.1) is 0 Å². The molecule has 1 saturated heterocycles. The van der Waals surface area contributed by atoms with Gasteiger partial charge in [0.1, 0.15) is 11.3 Å². The Kier molecular flexibility index (Phi) is 10.2. The number of anilines is 5. The molecule has 2 aromatic carbocycles. The molecule has 5 rings (SSSR count). The van der Waals surface area contributed by atoms with Crippen LogP contribution in [-0.4, -0.2) is 71.4 Å². The molecule has 0 spiro atoms. The predicted octanol–water partition coefficient (Wildman–Crippen LogP) is 8.06. The Labute approximate surface area is 281 Å². The summed E-state index contributed by atoms with van der Waals surface area (Å²) < 4.78 is 11.3. The largest absolute Gasteiger partial charge is 0.489 e. The van der Waals surface area contributed by atoms with E-state index in [1.54, 1.807) is 30.5 Å². The van der Waals surface area contributed by atoms with Crippen LogP contribution in [0.1, 0.15) is 43.7 Å². The second-order valence-electron chi connectivity index (χ2n) is 11.1. The maximum absolute atomic E-state index is 6.41. The standard InChI is InChI=1S/C31H38BrIN8OS/c1-19(2)42-27-17-22(21-10-14-38(4)15-11-21)20(3)16-26(27)39(5)31-36-18-23(32)30(37-31)41(33)25-9-8-24-28(35-13-12-34-24)29(25)40(6)43-7/h8-9,12-13,16-19,21H,10-11,14-15H2,1-7H3. The molecule has 0 aliphatic carbocycles. The number of aromatic nitrogens is 4. The molecular formula is C31H38BrIN8OS. The molecule has 9 nitrogen and oxygen atoms in total. The van der Waals surface area contributed by atoms with Gasteiger partial charge in [-0.2, -0.15) is 4.98 Å². The van der Waals surface area contributed by atoms with Crippen LogP contribution in [0.15, 0.2) is 47.3 Å². The van der Waals surface area contributed by atoms with Crippen LogP contribution in [0, 0.1) is 6.92 Å². The first-order valence-corrected chi connectivity index (χ1v) is 17.3. The summed E-state index contributed by atoms with van der Waals surface area (Å²) in [4.78, 5) is 23.4. The minimum atomic E-state index is 0.0364. The van der Waals surface area contributed by atoms with E-state index in [1.165, 1.54) is 11.1 Å². The van der Waals surface area contributed by atoms with Crippen molar-refractivity contribution in [2.45, 2.75) is 45.6 Å². The van der Waals surface area contributed by atoms with Crippen molar-refractivity contribution in [3.05, 3.63) is 58.5 Å². The van der Waals surface area contributed by atoms with E-state index < -0.39 is 0 Å². The van der Waals surface area contributed by atoms with Crippen LogP contribution in [-0.2, 0) is 0 Å². The number of nitrogens with zero attached hydrogens (tertiary/aromatic N) is 8. The number of piperidine rings is 1. The van der Waals surface area contributed by atoms with Gasteiger partial charge in [-0.1, -0.05) is 11.9 Å². The van der Waals surface area contributed by atoms with Gasteiger partial charge in [0.05, 0.1) is 56.0 Å². The van der Waals surface area contributed by atoms with Gasteiger partial charge < -0.3 is 18.8 Å². The Morgan fingerprint density at radius 2 is 1.79 bits per heavy atom. The zero-order chi connectivity index (χ0) is 30.8. The summed E-state index contributed by atoms with van der Waals surface area (Å²) >= 11 is 7.63. The number of ether oxygens (including phenoxy) is 1. The van der Waals surface area contributed by atoms with Gasteiger partial charge in [0.15, 0.2) is 5.82 Å². The fourth-order valence-corrected chi connectivity index (χ4v) is 7.32. The lowest BCUT2D eigenvalue weighted by atomic mass is 9.86. The normalized spacial score (nSPS) is 14.4. The van der Waals surface area contributed by atoms with Crippen molar-refractivity contribution < 1.29 is 4.74 Å². The van der Waals surface area contributed by atoms with Gasteiger partial charge >= 0.3 is 0 Å². The van der Waals surface area contributed by atoms with E-state index in [0.29, 0.717) is 11.9 Å². The highest BCUT2D eigenvalue weighted by molar-refractivity contribution is 14.1. The van der Waals surface area contributed by atoms with Crippen molar-refractivity contribution in [1.29, 1.82) is 0 Å². The number of aryl methyl sites for hydroxylation is 1. The van der Waals surface area contributed by atoms with Gasteiger partial charge in [-0.05, 0) is 111 Å². The number of benzene rings is 2. The highest BCUT2D eigenvalue weighted by atomic mass is 127. The van der Waals surface area contributed by atoms with Crippen molar-refractivity contribution >= 4 is 90.6 Å². The summed E-state index contributed by atoms with van der Waals surface area (Å²) in [5.74, 6) is 2.68. The second kappa shape index (κ2) is 13.7. The summed E-state index contributed by atoms with van der Waals surface area (Å²) in [5, 5.41) is 0. The minimum Gasteiger partial charge on any atom is -0.489 e. The zero-order valence-electron chi connectivity index (χ0n) is 25.7. The maximum atomic E-state index is 6.41.